The highest BCUT2D eigenvalue weighted by atomic mass is 16.5. The second-order valence-corrected chi connectivity index (χ2v) is 8.90. The van der Waals surface area contributed by atoms with Crippen LogP contribution in [-0.2, 0) is 0 Å². The summed E-state index contributed by atoms with van der Waals surface area (Å²) >= 11 is 0. The smallest absolute Gasteiger partial charge is 0.335 e. The lowest BCUT2D eigenvalue weighted by atomic mass is 10.0. The number of ether oxygens (including phenoxy) is 1. The van der Waals surface area contributed by atoms with Gasteiger partial charge in [-0.3, -0.25) is 4.79 Å². The molecule has 0 radical (unpaired) electrons. The van der Waals surface area contributed by atoms with Crippen LogP contribution in [0.5, 0.6) is 5.75 Å². The number of hydrogen-bond acceptors (Lipinski definition) is 4. The van der Waals surface area contributed by atoms with E-state index in [0.717, 1.165) is 29.7 Å². The van der Waals surface area contributed by atoms with Gasteiger partial charge in [0.05, 0.1) is 5.56 Å². The van der Waals surface area contributed by atoms with Crippen LogP contribution in [0.2, 0.25) is 0 Å². The summed E-state index contributed by atoms with van der Waals surface area (Å²) in [5, 5.41) is 8.75. The third-order valence-electron chi connectivity index (χ3n) is 6.72. The van der Waals surface area contributed by atoms with E-state index in [1.54, 1.807) is 24.3 Å². The summed E-state index contributed by atoms with van der Waals surface area (Å²) in [4.78, 5) is 24.3. The van der Waals surface area contributed by atoms with E-state index in [1.165, 1.54) is 12.8 Å². The van der Waals surface area contributed by atoms with Crippen LogP contribution >= 0.6 is 0 Å². The monoisotopic (exact) mass is 458 g/mol. The Morgan fingerprint density at radius 1 is 0.853 bits per heavy atom. The van der Waals surface area contributed by atoms with Crippen LogP contribution in [0.1, 0.15) is 46.4 Å². The van der Waals surface area contributed by atoms with Gasteiger partial charge < -0.3 is 20.5 Å². The van der Waals surface area contributed by atoms with Crippen LogP contribution < -0.4 is 10.5 Å². The Morgan fingerprint density at radius 2 is 1.47 bits per heavy atom. The molecule has 0 aromatic heterocycles. The van der Waals surface area contributed by atoms with Crippen molar-refractivity contribution in [3.63, 3.8) is 0 Å². The fourth-order valence-electron chi connectivity index (χ4n) is 4.81. The zero-order valence-corrected chi connectivity index (χ0v) is 19.3. The first-order chi connectivity index (χ1) is 16.4. The summed E-state index contributed by atoms with van der Waals surface area (Å²) in [5.74, 6) is -0.547. The van der Waals surface area contributed by atoms with E-state index in [1.807, 2.05) is 54.6 Å². The number of rotatable bonds is 5. The van der Waals surface area contributed by atoms with Gasteiger partial charge in [0.25, 0.3) is 0 Å². The molecule has 1 amide bonds. The van der Waals surface area contributed by atoms with E-state index in [0.29, 0.717) is 23.2 Å². The molecule has 2 aliphatic heterocycles. The van der Waals surface area contributed by atoms with E-state index in [9.17, 15) is 9.59 Å². The molecule has 0 saturated carbocycles. The normalized spacial score (nSPS) is 21.3. The Bertz CT molecular complexity index is 1120. The Morgan fingerprint density at radius 3 is 2.06 bits per heavy atom. The molecule has 34 heavy (non-hydrogen) atoms. The summed E-state index contributed by atoms with van der Waals surface area (Å²) in [6, 6.07) is 25.2. The van der Waals surface area contributed by atoms with Gasteiger partial charge in [-0.1, -0.05) is 48.5 Å². The van der Waals surface area contributed by atoms with E-state index in [2.05, 4.69) is 11.9 Å². The number of hydrogen-bond donors (Lipinski definition) is 2. The lowest BCUT2D eigenvalue weighted by Crippen LogP contribution is -2.43. The number of piperidine rings is 1. The number of carboxylic acids is 1. The maximum atomic E-state index is 11.2. The fourth-order valence-corrected chi connectivity index (χ4v) is 4.81. The van der Waals surface area contributed by atoms with Crippen molar-refractivity contribution in [1.82, 2.24) is 4.90 Å². The van der Waals surface area contributed by atoms with Crippen LogP contribution in [0.15, 0.2) is 78.9 Å². The number of nitrogens with two attached hydrogens (primary N) is 1. The first-order valence-electron chi connectivity index (χ1n) is 11.6. The number of carbonyl (C=O) groups excluding carboxylic acids is 1. The first-order valence-corrected chi connectivity index (χ1v) is 11.6. The summed E-state index contributed by atoms with van der Waals surface area (Å²) in [5.41, 5.74) is 8.23. The summed E-state index contributed by atoms with van der Waals surface area (Å²) < 4.78 is 6.04. The van der Waals surface area contributed by atoms with Gasteiger partial charge >= 0.3 is 5.97 Å². The molecule has 2 aliphatic rings. The van der Waals surface area contributed by atoms with Gasteiger partial charge in [-0.05, 0) is 74.2 Å². The van der Waals surface area contributed by atoms with Crippen molar-refractivity contribution in [2.24, 2.45) is 5.73 Å². The molecule has 176 valence electrons. The molecule has 2 heterocycles. The third kappa shape index (κ3) is 5.64. The van der Waals surface area contributed by atoms with Crippen LogP contribution in [0, 0.1) is 0 Å². The zero-order chi connectivity index (χ0) is 24.1. The molecule has 3 aromatic rings. The second kappa shape index (κ2) is 10.5. The number of nitrogens with zero attached hydrogens (tertiary/aromatic N) is 1. The van der Waals surface area contributed by atoms with Crippen molar-refractivity contribution in [3.8, 4) is 16.9 Å². The van der Waals surface area contributed by atoms with Gasteiger partial charge in [0.1, 0.15) is 11.9 Å². The first kappa shape index (κ1) is 23.5. The van der Waals surface area contributed by atoms with E-state index in [4.69, 9.17) is 15.6 Å². The number of primary amides is 1. The molecular formula is C28H30N2O4. The molecule has 2 fully saturated rings. The SMILES string of the molecule is CN1[C@@H]2CC[C@H]1C[C@@H](Oc1cccc(C(N)=O)c1)C2.O=C(O)c1ccc(-c2ccccc2)cc1. The topological polar surface area (TPSA) is 92.9 Å². The molecule has 3 N–H and O–H groups in total. The van der Waals surface area contributed by atoms with Crippen molar-refractivity contribution in [3.05, 3.63) is 90.0 Å². The van der Waals surface area contributed by atoms with E-state index < -0.39 is 11.9 Å². The molecule has 5 rings (SSSR count). The summed E-state index contributed by atoms with van der Waals surface area (Å²) in [7, 11) is 2.21. The number of carboxylic acid groups (broad SMARTS) is 1. The number of benzene rings is 3. The molecule has 2 saturated heterocycles. The summed E-state index contributed by atoms with van der Waals surface area (Å²) in [6.45, 7) is 0. The minimum Gasteiger partial charge on any atom is -0.490 e. The van der Waals surface area contributed by atoms with Crippen LogP contribution in [0.4, 0.5) is 0 Å². The molecule has 0 spiro atoms. The van der Waals surface area contributed by atoms with Crippen molar-refractivity contribution >= 4 is 11.9 Å². The maximum absolute atomic E-state index is 11.2. The van der Waals surface area contributed by atoms with Gasteiger partial charge in [0, 0.05) is 17.6 Å². The largest absolute Gasteiger partial charge is 0.490 e. The average molecular weight is 459 g/mol. The lowest BCUT2D eigenvalue weighted by Gasteiger charge is -2.36. The number of amides is 1. The van der Waals surface area contributed by atoms with Crippen LogP contribution in [0.25, 0.3) is 11.1 Å². The van der Waals surface area contributed by atoms with Crippen LogP contribution in [0.3, 0.4) is 0 Å². The highest BCUT2D eigenvalue weighted by Crippen LogP contribution is 2.36. The Balaban J connectivity index is 0.000000166. The molecule has 6 nitrogen and oxygen atoms in total. The number of fused-ring (bicyclic) bond motifs is 2. The zero-order valence-electron chi connectivity index (χ0n) is 19.3. The summed E-state index contributed by atoms with van der Waals surface area (Å²) in [6.07, 6.45) is 4.98. The number of aromatic carboxylic acids is 1. The van der Waals surface area contributed by atoms with Crippen molar-refractivity contribution < 1.29 is 19.4 Å². The van der Waals surface area contributed by atoms with Crippen molar-refractivity contribution in [2.45, 2.75) is 43.9 Å². The Kier molecular flexibility index (Phi) is 7.28. The minimum atomic E-state index is -0.894. The van der Waals surface area contributed by atoms with Gasteiger partial charge in [0.2, 0.25) is 5.91 Å². The highest BCUT2D eigenvalue weighted by molar-refractivity contribution is 5.93. The fraction of sp³-hybridized carbons (Fsp3) is 0.286. The van der Waals surface area contributed by atoms with Crippen LogP contribution in [-0.4, -0.2) is 47.1 Å². The van der Waals surface area contributed by atoms with E-state index >= 15 is 0 Å². The standard InChI is InChI=1S/C15H20N2O2.C13H10O2/c1-17-11-5-6-12(17)9-14(8-11)19-13-4-2-3-10(7-13)15(16)18;14-13(15)12-8-6-11(7-9-12)10-4-2-1-3-5-10/h2-4,7,11-12,14H,5-6,8-9H2,1H3,(H2,16,18);1-9H,(H,14,15)/t11-,12+,14+;. The number of carbonyl (C=O) groups is 2. The molecule has 0 aliphatic carbocycles. The molecule has 0 unspecified atom stereocenters. The molecule has 2 bridgehead atoms. The third-order valence-corrected chi connectivity index (χ3v) is 6.72. The van der Waals surface area contributed by atoms with Gasteiger partial charge in [0.15, 0.2) is 0 Å². The van der Waals surface area contributed by atoms with Crippen molar-refractivity contribution in [1.29, 1.82) is 0 Å². The van der Waals surface area contributed by atoms with Crippen molar-refractivity contribution in [2.75, 3.05) is 7.05 Å². The van der Waals surface area contributed by atoms with E-state index in [-0.39, 0.29) is 6.10 Å². The van der Waals surface area contributed by atoms with Gasteiger partial charge in [-0.2, -0.15) is 0 Å². The molecular weight excluding hydrogens is 428 g/mol. The Labute approximate surface area is 200 Å². The highest BCUT2D eigenvalue weighted by Gasteiger charge is 2.39. The van der Waals surface area contributed by atoms with Gasteiger partial charge in [-0.25, -0.2) is 4.79 Å². The molecule has 3 aromatic carbocycles. The van der Waals surface area contributed by atoms with Gasteiger partial charge in [-0.15, -0.1) is 0 Å². The minimum absolute atomic E-state index is 0.261. The average Bonchev–Trinajstić information content (AvgIpc) is 3.05. The lowest BCUT2D eigenvalue weighted by molar-refractivity contribution is 0.0660. The molecule has 6 heteroatoms. The second-order valence-electron chi connectivity index (χ2n) is 8.90. The Hall–Kier alpha value is -3.64. The predicted molar refractivity (Wildman–Crippen MR) is 132 cm³/mol. The predicted octanol–water partition coefficient (Wildman–Crippen LogP) is 4.84. The maximum Gasteiger partial charge on any atom is 0.335 e. The quantitative estimate of drug-likeness (QED) is 0.571. The molecule has 3 atom stereocenters.